The Morgan fingerprint density at radius 3 is 1.27 bits per heavy atom. The quantitative estimate of drug-likeness (QED) is 0.150. The molecule has 0 radical (unpaired) electrons. The molecule has 4 rings (SSSR count). The number of imidazole rings is 2. The molecule has 4 N–H and O–H groups in total. The smallest absolute Gasteiger partial charge is 0.243 e. The predicted molar refractivity (Wildman–Crippen MR) is 165 cm³/mol. The molecule has 0 aliphatic rings. The lowest BCUT2D eigenvalue weighted by atomic mass is 10.1. The number of rotatable bonds is 15. The van der Waals surface area contributed by atoms with Crippen LogP contribution in [0, 0.1) is 0 Å². The summed E-state index contributed by atoms with van der Waals surface area (Å²) in [5, 5.41) is 20.5. The first-order valence-corrected chi connectivity index (χ1v) is 15.2. The van der Waals surface area contributed by atoms with Crippen LogP contribution >= 0.6 is 0 Å². The molecular formula is C34H48N6O4. The number of hydrogen-bond donors (Lipinski definition) is 2. The van der Waals surface area contributed by atoms with Crippen LogP contribution in [0.1, 0.15) is 49.7 Å². The summed E-state index contributed by atoms with van der Waals surface area (Å²) in [6.07, 6.45) is 21.5. The lowest BCUT2D eigenvalue weighted by Gasteiger charge is -2.11. The van der Waals surface area contributed by atoms with E-state index in [2.05, 4.69) is 69.8 Å². The second kappa shape index (κ2) is 20.6. The number of aliphatic carboxylic acids is 2. The van der Waals surface area contributed by atoms with Gasteiger partial charge in [-0.25, -0.2) is 18.3 Å². The number of hydrogen-bond acceptors (Lipinski definition) is 6. The molecular weight excluding hydrogens is 556 g/mol. The van der Waals surface area contributed by atoms with Gasteiger partial charge in [-0.2, -0.15) is 0 Å². The summed E-state index contributed by atoms with van der Waals surface area (Å²) in [5.41, 5.74) is 12.4. The molecule has 10 heteroatoms. The second-order valence-electron chi connectivity index (χ2n) is 11.0. The molecule has 0 spiro atoms. The third-order valence-corrected chi connectivity index (χ3v) is 6.93. The van der Waals surface area contributed by atoms with Crippen LogP contribution < -0.4 is 30.8 Å². The molecule has 2 heterocycles. The van der Waals surface area contributed by atoms with Gasteiger partial charge in [0.05, 0.1) is 39.1 Å². The molecule has 10 nitrogen and oxygen atoms in total. The van der Waals surface area contributed by atoms with Crippen LogP contribution in [0.25, 0.3) is 0 Å². The number of aromatic nitrogens is 4. The molecule has 0 bridgehead atoms. The zero-order chi connectivity index (χ0) is 32.2. The average Bonchev–Trinajstić information content (AvgIpc) is 3.63. The highest BCUT2D eigenvalue weighted by Crippen LogP contribution is 2.07. The zero-order valence-electron chi connectivity index (χ0n) is 26.0. The van der Waals surface area contributed by atoms with Gasteiger partial charge in [-0.1, -0.05) is 73.5 Å². The summed E-state index contributed by atoms with van der Waals surface area (Å²) >= 11 is 0. The van der Waals surface area contributed by atoms with Crippen molar-refractivity contribution in [1.82, 2.24) is 9.13 Å². The molecule has 0 saturated carbocycles. The van der Waals surface area contributed by atoms with E-state index in [9.17, 15) is 19.8 Å². The summed E-state index contributed by atoms with van der Waals surface area (Å²) < 4.78 is 8.74. The maximum absolute atomic E-state index is 10.3. The highest BCUT2D eigenvalue weighted by atomic mass is 16.4. The van der Waals surface area contributed by atoms with Gasteiger partial charge in [0.25, 0.3) is 0 Å². The molecule has 0 saturated heterocycles. The third kappa shape index (κ3) is 15.8. The fourth-order valence-electron chi connectivity index (χ4n) is 4.47. The number of unbranched alkanes of at least 4 members (excludes halogenated alkanes) is 5. The summed E-state index contributed by atoms with van der Waals surface area (Å²) in [4.78, 5) is 20.5. The van der Waals surface area contributed by atoms with Crippen LogP contribution in [-0.2, 0) is 49.6 Å². The van der Waals surface area contributed by atoms with Crippen LogP contribution in [0.4, 0.5) is 0 Å². The van der Waals surface area contributed by atoms with Crippen LogP contribution in [0.5, 0.6) is 0 Å². The van der Waals surface area contributed by atoms with E-state index >= 15 is 0 Å². The number of nitrogens with zero attached hydrogens (tertiary/aromatic N) is 4. The average molecular weight is 605 g/mol. The van der Waals surface area contributed by atoms with Crippen LogP contribution in [-0.4, -0.2) is 33.2 Å². The Kier molecular flexibility index (Phi) is 16.8. The van der Waals surface area contributed by atoms with Crippen molar-refractivity contribution in [3.8, 4) is 0 Å². The minimum atomic E-state index is -1.21. The Labute approximate surface area is 261 Å². The number of carbonyl (C=O) groups is 2. The number of benzene rings is 2. The third-order valence-electron chi connectivity index (χ3n) is 6.93. The van der Waals surface area contributed by atoms with E-state index < -0.39 is 24.0 Å². The molecule has 0 amide bonds. The Bertz CT molecular complexity index is 1240. The highest BCUT2D eigenvalue weighted by Gasteiger charge is 2.04. The lowest BCUT2D eigenvalue weighted by molar-refractivity contribution is -0.671. The molecule has 2 atom stereocenters. The number of nitrogens with two attached hydrogens (primary N) is 2. The number of aryl methyl sites for hydroxylation is 4. The molecule has 4 aromatic rings. The molecule has 238 valence electrons. The van der Waals surface area contributed by atoms with Crippen molar-refractivity contribution in [3.63, 3.8) is 0 Å². The van der Waals surface area contributed by atoms with Crippen molar-refractivity contribution >= 4 is 11.9 Å². The maximum atomic E-state index is 10.3. The van der Waals surface area contributed by atoms with E-state index in [0.29, 0.717) is 12.8 Å². The molecule has 44 heavy (non-hydrogen) atoms. The van der Waals surface area contributed by atoms with E-state index in [0.717, 1.165) is 24.2 Å². The maximum Gasteiger partial charge on any atom is 0.243 e. The van der Waals surface area contributed by atoms with Crippen molar-refractivity contribution in [1.29, 1.82) is 0 Å². The molecule has 0 aliphatic carbocycles. The Hall–Kier alpha value is -4.28. The fourth-order valence-corrected chi connectivity index (χ4v) is 4.47. The van der Waals surface area contributed by atoms with Crippen molar-refractivity contribution in [2.45, 2.75) is 76.5 Å². The normalized spacial score (nSPS) is 11.8. The topological polar surface area (TPSA) is 150 Å². The minimum absolute atomic E-state index is 0.323. The summed E-state index contributed by atoms with van der Waals surface area (Å²) in [7, 11) is 4.14. The zero-order valence-corrected chi connectivity index (χ0v) is 26.0. The van der Waals surface area contributed by atoms with E-state index in [1.165, 1.54) is 38.5 Å². The van der Waals surface area contributed by atoms with Gasteiger partial charge in [-0.3, -0.25) is 0 Å². The van der Waals surface area contributed by atoms with Crippen LogP contribution in [0.3, 0.4) is 0 Å². The van der Waals surface area contributed by atoms with Crippen molar-refractivity contribution in [2.24, 2.45) is 25.6 Å². The van der Waals surface area contributed by atoms with Gasteiger partial charge in [0.1, 0.15) is 24.8 Å². The SMILES string of the molecule is C[n+]1ccn(CCCCCCCCn2cc[n+](C)c2)c1.N[C@@H](Cc1ccccc1)C(=O)[O-].N[C@@H](Cc1ccccc1)C(=O)[O-]. The van der Waals surface area contributed by atoms with E-state index in [1.807, 2.05) is 60.7 Å². The summed E-state index contributed by atoms with van der Waals surface area (Å²) in [5.74, 6) is -2.42. The molecule has 2 aromatic carbocycles. The van der Waals surface area contributed by atoms with E-state index in [-0.39, 0.29) is 0 Å². The fraction of sp³-hybridized carbons (Fsp3) is 0.412. The largest absolute Gasteiger partial charge is 0.548 e. The predicted octanol–water partition coefficient (Wildman–Crippen LogP) is 0.592. The first kappa shape index (κ1) is 35.9. The Morgan fingerprint density at radius 1 is 0.636 bits per heavy atom. The first-order valence-electron chi connectivity index (χ1n) is 15.2. The second-order valence-corrected chi connectivity index (χ2v) is 11.0. The number of carboxylic acids is 2. The van der Waals surface area contributed by atoms with Gasteiger partial charge in [-0.05, 0) is 49.7 Å². The monoisotopic (exact) mass is 604 g/mol. The van der Waals surface area contributed by atoms with Gasteiger partial charge >= 0.3 is 0 Å². The van der Waals surface area contributed by atoms with E-state index in [1.54, 1.807) is 0 Å². The van der Waals surface area contributed by atoms with Crippen LogP contribution in [0.2, 0.25) is 0 Å². The summed E-state index contributed by atoms with van der Waals surface area (Å²) in [6, 6.07) is 16.6. The summed E-state index contributed by atoms with van der Waals surface area (Å²) in [6.45, 7) is 2.31. The number of carbonyl (C=O) groups excluding carboxylic acids is 2. The van der Waals surface area contributed by atoms with Gasteiger partial charge in [0.2, 0.25) is 12.7 Å². The van der Waals surface area contributed by atoms with Crippen LogP contribution in [0.15, 0.2) is 98.1 Å². The van der Waals surface area contributed by atoms with E-state index in [4.69, 9.17) is 11.5 Å². The standard InChI is InChI=1S/C16H28N4.2C9H11NO2/c1-17-11-13-19(15-17)9-7-5-3-4-6-8-10-20-14-12-18(2)16-20;2*10-8(9(11)12)6-7-4-2-1-3-5-7/h11-16H,3-10H2,1-2H3;2*1-5,8H,6,10H2,(H,11,12)/q+2;;/p-2/t;2*8-/m.00/s1. The van der Waals surface area contributed by atoms with Gasteiger partial charge in [0, 0.05) is 12.1 Å². The molecule has 0 unspecified atom stereocenters. The minimum Gasteiger partial charge on any atom is -0.548 e. The Morgan fingerprint density at radius 2 is 0.977 bits per heavy atom. The van der Waals surface area contributed by atoms with Crippen molar-refractivity contribution in [2.75, 3.05) is 0 Å². The highest BCUT2D eigenvalue weighted by molar-refractivity contribution is 5.71. The molecule has 0 aliphatic heterocycles. The van der Waals surface area contributed by atoms with Crippen molar-refractivity contribution in [3.05, 3.63) is 109 Å². The van der Waals surface area contributed by atoms with Crippen molar-refractivity contribution < 1.29 is 28.9 Å². The Balaban J connectivity index is 0.000000244. The van der Waals surface area contributed by atoms with Gasteiger partial charge in [0.15, 0.2) is 0 Å². The lowest BCUT2D eigenvalue weighted by Crippen LogP contribution is -2.43. The van der Waals surface area contributed by atoms with Gasteiger partial charge < -0.3 is 31.3 Å². The molecule has 2 aromatic heterocycles. The van der Waals surface area contributed by atoms with Gasteiger partial charge in [-0.15, -0.1) is 0 Å². The molecule has 0 fully saturated rings. The first-order chi connectivity index (χ1) is 21.1. The number of carboxylic acid groups (broad SMARTS) is 2.